The van der Waals surface area contributed by atoms with Crippen LogP contribution in [-0.4, -0.2) is 48.1 Å². The van der Waals surface area contributed by atoms with E-state index in [9.17, 15) is 9.59 Å². The van der Waals surface area contributed by atoms with Gasteiger partial charge in [0.1, 0.15) is 0 Å². The lowest BCUT2D eigenvalue weighted by Gasteiger charge is -2.23. The highest BCUT2D eigenvalue weighted by molar-refractivity contribution is 5.78. The molecule has 1 atom stereocenters. The summed E-state index contributed by atoms with van der Waals surface area (Å²) in [5.74, 6) is -0.723. The zero-order valence-electron chi connectivity index (χ0n) is 9.74. The summed E-state index contributed by atoms with van der Waals surface area (Å²) in [6.45, 7) is 1.54. The van der Waals surface area contributed by atoms with Gasteiger partial charge in [0.15, 0.2) is 0 Å². The molecule has 0 bridgehead atoms. The van der Waals surface area contributed by atoms with Gasteiger partial charge in [-0.05, 0) is 32.9 Å². The summed E-state index contributed by atoms with van der Waals surface area (Å²) >= 11 is 0. The Labute approximate surface area is 95.8 Å². The average Bonchev–Trinajstić information content (AvgIpc) is 2.65. The number of hydrogen-bond acceptors (Lipinski definition) is 3. The smallest absolute Gasteiger partial charge is 0.305 e. The lowest BCUT2D eigenvalue weighted by Crippen LogP contribution is -2.37. The van der Waals surface area contributed by atoms with E-state index in [0.717, 1.165) is 32.4 Å². The van der Waals surface area contributed by atoms with Crippen LogP contribution in [0.25, 0.3) is 0 Å². The summed E-state index contributed by atoms with van der Waals surface area (Å²) in [7, 11) is 1.85. The number of aliphatic carboxylic acids is 1. The van der Waals surface area contributed by atoms with E-state index in [1.165, 1.54) is 0 Å². The molecule has 0 aromatic carbocycles. The van der Waals surface area contributed by atoms with E-state index < -0.39 is 5.97 Å². The van der Waals surface area contributed by atoms with Crippen LogP contribution in [0, 0.1) is 0 Å². The van der Waals surface area contributed by atoms with Crippen molar-refractivity contribution in [1.82, 2.24) is 10.2 Å². The number of nitrogens with zero attached hydrogens (tertiary/aromatic N) is 1. The Morgan fingerprint density at radius 3 is 2.88 bits per heavy atom. The number of rotatable bonds is 6. The van der Waals surface area contributed by atoms with Gasteiger partial charge in [-0.2, -0.15) is 0 Å². The van der Waals surface area contributed by atoms with E-state index in [1.54, 1.807) is 4.90 Å². The average molecular weight is 228 g/mol. The molecule has 5 heteroatoms. The number of hydrogen-bond donors (Lipinski definition) is 2. The number of likely N-dealkylation sites (tertiary alicyclic amines) is 1. The maximum absolute atomic E-state index is 11.8. The Morgan fingerprint density at radius 1 is 1.50 bits per heavy atom. The second-order valence-corrected chi connectivity index (χ2v) is 4.19. The molecule has 16 heavy (non-hydrogen) atoms. The number of amides is 1. The maximum atomic E-state index is 11.8. The quantitative estimate of drug-likeness (QED) is 0.648. The molecule has 1 amide bonds. The highest BCUT2D eigenvalue weighted by Gasteiger charge is 2.29. The minimum absolute atomic E-state index is 0.0811. The van der Waals surface area contributed by atoms with Gasteiger partial charge in [0, 0.05) is 19.0 Å². The van der Waals surface area contributed by atoms with E-state index >= 15 is 0 Å². The van der Waals surface area contributed by atoms with Crippen LogP contribution in [0.5, 0.6) is 0 Å². The molecular weight excluding hydrogens is 208 g/mol. The third-order valence-corrected chi connectivity index (χ3v) is 2.93. The van der Waals surface area contributed by atoms with Crippen molar-refractivity contribution in [3.8, 4) is 0 Å². The summed E-state index contributed by atoms with van der Waals surface area (Å²) in [6.07, 6.45) is 3.15. The van der Waals surface area contributed by atoms with Gasteiger partial charge in [-0.15, -0.1) is 0 Å². The van der Waals surface area contributed by atoms with Crippen molar-refractivity contribution in [3.63, 3.8) is 0 Å². The van der Waals surface area contributed by atoms with Crippen molar-refractivity contribution < 1.29 is 14.7 Å². The Balaban J connectivity index is 2.38. The second kappa shape index (κ2) is 6.48. The third kappa shape index (κ3) is 3.81. The van der Waals surface area contributed by atoms with Gasteiger partial charge >= 0.3 is 5.97 Å². The van der Waals surface area contributed by atoms with E-state index in [0.29, 0.717) is 6.42 Å². The third-order valence-electron chi connectivity index (χ3n) is 2.93. The van der Waals surface area contributed by atoms with Gasteiger partial charge in [-0.3, -0.25) is 9.59 Å². The predicted octanol–water partition coefficient (Wildman–Crippen LogP) is 0.452. The molecule has 0 aromatic rings. The SMILES string of the molecule is CNCCCC(=O)N1CCCC1CC(=O)O. The summed E-state index contributed by atoms with van der Waals surface area (Å²) in [5.41, 5.74) is 0. The van der Waals surface area contributed by atoms with Gasteiger partial charge in [0.2, 0.25) is 5.91 Å². The Bertz CT molecular complexity index is 256. The van der Waals surface area contributed by atoms with Gasteiger partial charge < -0.3 is 15.3 Å². The molecule has 1 unspecified atom stereocenters. The van der Waals surface area contributed by atoms with E-state index in [2.05, 4.69) is 5.32 Å². The monoisotopic (exact) mass is 228 g/mol. The van der Waals surface area contributed by atoms with Crippen LogP contribution in [0.2, 0.25) is 0 Å². The van der Waals surface area contributed by atoms with Crippen molar-refractivity contribution in [2.75, 3.05) is 20.1 Å². The van der Waals surface area contributed by atoms with Crippen LogP contribution in [0.15, 0.2) is 0 Å². The molecule has 0 radical (unpaired) electrons. The van der Waals surface area contributed by atoms with Crippen molar-refractivity contribution in [3.05, 3.63) is 0 Å². The molecule has 92 valence electrons. The molecule has 5 nitrogen and oxygen atoms in total. The zero-order valence-corrected chi connectivity index (χ0v) is 9.74. The zero-order chi connectivity index (χ0) is 12.0. The van der Waals surface area contributed by atoms with Gasteiger partial charge in [0.25, 0.3) is 0 Å². The predicted molar refractivity (Wildman–Crippen MR) is 60.1 cm³/mol. The van der Waals surface area contributed by atoms with Crippen LogP contribution < -0.4 is 5.32 Å². The molecule has 0 saturated carbocycles. The van der Waals surface area contributed by atoms with Crippen molar-refractivity contribution in [1.29, 1.82) is 0 Å². The molecular formula is C11H20N2O3. The summed E-state index contributed by atoms with van der Waals surface area (Å²) in [4.78, 5) is 24.2. The Morgan fingerprint density at radius 2 is 2.25 bits per heavy atom. The first-order chi connectivity index (χ1) is 7.65. The molecule has 1 aliphatic rings. The fourth-order valence-electron chi connectivity index (χ4n) is 2.14. The summed E-state index contributed by atoms with van der Waals surface area (Å²) in [6, 6.07) is -0.0837. The standard InChI is InChI=1S/C11H20N2O3/c1-12-6-2-5-10(14)13-7-3-4-9(13)8-11(15)16/h9,12H,2-8H2,1H3,(H,15,16). The fourth-order valence-corrected chi connectivity index (χ4v) is 2.14. The van der Waals surface area contributed by atoms with Gasteiger partial charge in [-0.25, -0.2) is 0 Å². The summed E-state index contributed by atoms with van der Waals surface area (Å²) < 4.78 is 0. The van der Waals surface area contributed by atoms with Crippen LogP contribution in [0.1, 0.15) is 32.1 Å². The molecule has 1 heterocycles. The fraction of sp³-hybridized carbons (Fsp3) is 0.818. The lowest BCUT2D eigenvalue weighted by molar-refractivity contribution is -0.139. The molecule has 0 aromatic heterocycles. The molecule has 1 rings (SSSR count). The number of carbonyl (C=O) groups excluding carboxylic acids is 1. The largest absolute Gasteiger partial charge is 0.481 e. The van der Waals surface area contributed by atoms with Crippen LogP contribution >= 0.6 is 0 Å². The Hall–Kier alpha value is -1.10. The molecule has 1 saturated heterocycles. The van der Waals surface area contributed by atoms with Crippen molar-refractivity contribution >= 4 is 11.9 Å². The Kier molecular flexibility index (Phi) is 5.25. The van der Waals surface area contributed by atoms with Crippen LogP contribution in [0.3, 0.4) is 0 Å². The normalized spacial score (nSPS) is 20.1. The molecule has 0 aliphatic carbocycles. The molecule has 1 fully saturated rings. The van der Waals surface area contributed by atoms with Crippen molar-refractivity contribution in [2.45, 2.75) is 38.1 Å². The van der Waals surface area contributed by atoms with Crippen LogP contribution in [0.4, 0.5) is 0 Å². The van der Waals surface area contributed by atoms with E-state index in [1.807, 2.05) is 7.05 Å². The van der Waals surface area contributed by atoms with E-state index in [4.69, 9.17) is 5.11 Å². The molecule has 2 N–H and O–H groups in total. The number of carboxylic acids is 1. The number of carboxylic acid groups (broad SMARTS) is 1. The second-order valence-electron chi connectivity index (χ2n) is 4.19. The first-order valence-electron chi connectivity index (χ1n) is 5.81. The number of nitrogens with one attached hydrogen (secondary N) is 1. The highest BCUT2D eigenvalue weighted by atomic mass is 16.4. The van der Waals surface area contributed by atoms with Crippen molar-refractivity contribution in [2.24, 2.45) is 0 Å². The van der Waals surface area contributed by atoms with Gasteiger partial charge in [-0.1, -0.05) is 0 Å². The maximum Gasteiger partial charge on any atom is 0.305 e. The lowest BCUT2D eigenvalue weighted by atomic mass is 10.1. The number of carbonyl (C=O) groups is 2. The van der Waals surface area contributed by atoms with Gasteiger partial charge in [0.05, 0.1) is 6.42 Å². The minimum atomic E-state index is -0.820. The molecule has 1 aliphatic heterocycles. The minimum Gasteiger partial charge on any atom is -0.481 e. The summed E-state index contributed by atoms with van der Waals surface area (Å²) in [5, 5.41) is 11.7. The topological polar surface area (TPSA) is 69.6 Å². The van der Waals surface area contributed by atoms with Crippen LogP contribution in [-0.2, 0) is 9.59 Å². The van der Waals surface area contributed by atoms with E-state index in [-0.39, 0.29) is 18.4 Å². The first kappa shape index (κ1) is 13.0. The highest BCUT2D eigenvalue weighted by Crippen LogP contribution is 2.21. The first-order valence-corrected chi connectivity index (χ1v) is 5.81. The molecule has 0 spiro atoms.